The average Bonchev–Trinajstić information content (AvgIpc) is 2.40. The molecule has 0 radical (unpaired) electrons. The van der Waals surface area contributed by atoms with E-state index < -0.39 is 0 Å². The van der Waals surface area contributed by atoms with Gasteiger partial charge in [-0.25, -0.2) is 0 Å². The molecule has 0 fully saturated rings. The van der Waals surface area contributed by atoms with Crippen LogP contribution >= 0.6 is 0 Å². The minimum absolute atomic E-state index is 0.0959. The summed E-state index contributed by atoms with van der Waals surface area (Å²) in [5.41, 5.74) is 4.56. The predicted octanol–water partition coefficient (Wildman–Crippen LogP) is 3.39. The Morgan fingerprint density at radius 1 is 1.00 bits per heavy atom. The molecule has 0 N–H and O–H groups in total. The SMILES string of the molecule is CC1c2ccccc2-c2ccccc2N1C=O. The molecule has 2 aromatic rings. The van der Waals surface area contributed by atoms with Gasteiger partial charge in [0, 0.05) is 5.56 Å². The Morgan fingerprint density at radius 2 is 1.65 bits per heavy atom. The molecule has 0 aromatic heterocycles. The van der Waals surface area contributed by atoms with Gasteiger partial charge in [-0.05, 0) is 24.1 Å². The van der Waals surface area contributed by atoms with E-state index in [9.17, 15) is 4.79 Å². The maximum atomic E-state index is 11.3. The molecule has 84 valence electrons. The Labute approximate surface area is 100 Å². The highest BCUT2D eigenvalue weighted by atomic mass is 16.1. The van der Waals surface area contributed by atoms with Crippen LogP contribution in [0.15, 0.2) is 48.5 Å². The van der Waals surface area contributed by atoms with Crippen molar-refractivity contribution >= 4 is 12.1 Å². The van der Waals surface area contributed by atoms with Gasteiger partial charge in [-0.1, -0.05) is 42.5 Å². The van der Waals surface area contributed by atoms with E-state index in [2.05, 4.69) is 25.1 Å². The summed E-state index contributed by atoms with van der Waals surface area (Å²) in [6.45, 7) is 2.06. The van der Waals surface area contributed by atoms with Gasteiger partial charge in [0.1, 0.15) is 0 Å². The summed E-state index contributed by atoms with van der Waals surface area (Å²) in [6, 6.07) is 16.4. The molecule has 2 heteroatoms. The average molecular weight is 223 g/mol. The van der Waals surface area contributed by atoms with Crippen molar-refractivity contribution in [3.63, 3.8) is 0 Å². The number of anilines is 1. The molecular weight excluding hydrogens is 210 g/mol. The first-order chi connectivity index (χ1) is 8.33. The zero-order valence-corrected chi connectivity index (χ0v) is 9.63. The second kappa shape index (κ2) is 3.74. The normalized spacial score (nSPS) is 17.2. The third-order valence-corrected chi connectivity index (χ3v) is 3.41. The molecule has 0 aliphatic carbocycles. The second-order valence-corrected chi connectivity index (χ2v) is 4.29. The molecule has 1 aliphatic heterocycles. The highest BCUT2D eigenvalue weighted by molar-refractivity contribution is 5.92. The topological polar surface area (TPSA) is 20.3 Å². The fourth-order valence-corrected chi connectivity index (χ4v) is 2.54. The van der Waals surface area contributed by atoms with Gasteiger partial charge in [-0.3, -0.25) is 4.79 Å². The van der Waals surface area contributed by atoms with Crippen LogP contribution in [0.4, 0.5) is 5.69 Å². The van der Waals surface area contributed by atoms with Crippen LogP contribution in [0.5, 0.6) is 0 Å². The van der Waals surface area contributed by atoms with Crippen LogP contribution in [-0.2, 0) is 4.79 Å². The molecule has 2 aromatic carbocycles. The van der Waals surface area contributed by atoms with E-state index in [1.165, 1.54) is 11.1 Å². The molecule has 0 spiro atoms. The lowest BCUT2D eigenvalue weighted by Gasteiger charge is -2.34. The molecule has 0 saturated carbocycles. The number of carbonyl (C=O) groups excluding carboxylic acids is 1. The number of hydrogen-bond acceptors (Lipinski definition) is 1. The minimum Gasteiger partial charge on any atom is -0.307 e. The zero-order valence-electron chi connectivity index (χ0n) is 9.63. The number of fused-ring (bicyclic) bond motifs is 3. The lowest BCUT2D eigenvalue weighted by molar-refractivity contribution is -0.107. The van der Waals surface area contributed by atoms with Crippen molar-refractivity contribution in [2.45, 2.75) is 13.0 Å². The summed E-state index contributed by atoms with van der Waals surface area (Å²) in [5.74, 6) is 0. The number of nitrogens with zero attached hydrogens (tertiary/aromatic N) is 1. The molecule has 0 bridgehead atoms. The van der Waals surface area contributed by atoms with Crippen molar-refractivity contribution in [3.05, 3.63) is 54.1 Å². The molecule has 1 unspecified atom stereocenters. The summed E-state index contributed by atoms with van der Waals surface area (Å²) in [6.07, 6.45) is 0.916. The van der Waals surface area contributed by atoms with E-state index in [-0.39, 0.29) is 6.04 Å². The summed E-state index contributed by atoms with van der Waals surface area (Å²) in [5, 5.41) is 0. The monoisotopic (exact) mass is 223 g/mol. The molecule has 3 rings (SSSR count). The van der Waals surface area contributed by atoms with Crippen molar-refractivity contribution in [3.8, 4) is 11.1 Å². The Kier molecular flexibility index (Phi) is 2.22. The first-order valence-corrected chi connectivity index (χ1v) is 5.75. The van der Waals surface area contributed by atoms with E-state index in [1.54, 1.807) is 4.90 Å². The van der Waals surface area contributed by atoms with Crippen LogP contribution in [0.25, 0.3) is 11.1 Å². The van der Waals surface area contributed by atoms with E-state index in [1.807, 2.05) is 30.3 Å². The van der Waals surface area contributed by atoms with E-state index in [0.717, 1.165) is 17.7 Å². The largest absolute Gasteiger partial charge is 0.307 e. The molecule has 1 heterocycles. The quantitative estimate of drug-likeness (QED) is 0.678. The van der Waals surface area contributed by atoms with Crippen LogP contribution in [0.3, 0.4) is 0 Å². The smallest absolute Gasteiger partial charge is 0.214 e. The summed E-state index contributed by atoms with van der Waals surface area (Å²) in [7, 11) is 0. The van der Waals surface area contributed by atoms with Gasteiger partial charge < -0.3 is 4.90 Å². The zero-order chi connectivity index (χ0) is 11.8. The molecule has 2 nitrogen and oxygen atoms in total. The number of para-hydroxylation sites is 1. The third-order valence-electron chi connectivity index (χ3n) is 3.41. The molecule has 1 amide bonds. The Bertz CT molecular complexity index is 577. The third kappa shape index (κ3) is 1.37. The van der Waals surface area contributed by atoms with Gasteiger partial charge in [0.05, 0.1) is 11.7 Å². The van der Waals surface area contributed by atoms with Crippen molar-refractivity contribution < 1.29 is 4.79 Å². The number of carbonyl (C=O) groups is 1. The van der Waals surface area contributed by atoms with Crippen LogP contribution in [-0.4, -0.2) is 6.41 Å². The molecule has 1 aliphatic rings. The first-order valence-electron chi connectivity index (χ1n) is 5.75. The van der Waals surface area contributed by atoms with Gasteiger partial charge in [0.15, 0.2) is 0 Å². The first kappa shape index (κ1) is 10.1. The summed E-state index contributed by atoms with van der Waals surface area (Å²) < 4.78 is 0. The van der Waals surface area contributed by atoms with E-state index in [4.69, 9.17) is 0 Å². The van der Waals surface area contributed by atoms with Gasteiger partial charge in [0.2, 0.25) is 6.41 Å². The lowest BCUT2D eigenvalue weighted by atomic mass is 9.89. The number of hydrogen-bond donors (Lipinski definition) is 0. The molecule has 0 saturated heterocycles. The van der Waals surface area contributed by atoms with Crippen molar-refractivity contribution in [1.82, 2.24) is 0 Å². The predicted molar refractivity (Wildman–Crippen MR) is 68.8 cm³/mol. The fraction of sp³-hybridized carbons (Fsp3) is 0.133. The van der Waals surface area contributed by atoms with E-state index in [0.29, 0.717) is 0 Å². The van der Waals surface area contributed by atoms with Crippen LogP contribution in [0, 0.1) is 0 Å². The summed E-state index contributed by atoms with van der Waals surface area (Å²) in [4.78, 5) is 13.1. The number of rotatable bonds is 1. The van der Waals surface area contributed by atoms with Gasteiger partial charge in [-0.15, -0.1) is 0 Å². The highest BCUT2D eigenvalue weighted by Gasteiger charge is 2.26. The molecule has 17 heavy (non-hydrogen) atoms. The Morgan fingerprint density at radius 3 is 2.41 bits per heavy atom. The Hall–Kier alpha value is -2.09. The standard InChI is InChI=1S/C15H13NO/c1-11-12-6-2-3-7-13(12)14-8-4-5-9-15(14)16(11)10-17/h2-11H,1H3. The van der Waals surface area contributed by atoms with Crippen molar-refractivity contribution in [2.24, 2.45) is 0 Å². The highest BCUT2D eigenvalue weighted by Crippen LogP contribution is 2.43. The lowest BCUT2D eigenvalue weighted by Crippen LogP contribution is -2.28. The second-order valence-electron chi connectivity index (χ2n) is 4.29. The van der Waals surface area contributed by atoms with Gasteiger partial charge in [-0.2, -0.15) is 0 Å². The van der Waals surface area contributed by atoms with Crippen LogP contribution in [0.2, 0.25) is 0 Å². The summed E-state index contributed by atoms with van der Waals surface area (Å²) >= 11 is 0. The van der Waals surface area contributed by atoms with Crippen molar-refractivity contribution in [1.29, 1.82) is 0 Å². The number of amides is 1. The maximum Gasteiger partial charge on any atom is 0.214 e. The minimum atomic E-state index is 0.0959. The van der Waals surface area contributed by atoms with Crippen LogP contribution in [0.1, 0.15) is 18.5 Å². The van der Waals surface area contributed by atoms with Gasteiger partial charge >= 0.3 is 0 Å². The number of benzene rings is 2. The fourth-order valence-electron chi connectivity index (χ4n) is 2.54. The maximum absolute atomic E-state index is 11.3. The van der Waals surface area contributed by atoms with Crippen molar-refractivity contribution in [2.75, 3.05) is 4.90 Å². The van der Waals surface area contributed by atoms with E-state index >= 15 is 0 Å². The molecule has 1 atom stereocenters. The Balaban J connectivity index is 2.32. The van der Waals surface area contributed by atoms with Gasteiger partial charge in [0.25, 0.3) is 0 Å². The van der Waals surface area contributed by atoms with Crippen LogP contribution < -0.4 is 4.90 Å². The molecular formula is C15H13NO.